The lowest BCUT2D eigenvalue weighted by atomic mass is 10.2. The summed E-state index contributed by atoms with van der Waals surface area (Å²) in [6, 6.07) is 10.1. The average Bonchev–Trinajstić information content (AvgIpc) is 2.69. The van der Waals surface area contributed by atoms with Crippen LogP contribution < -0.4 is 14.7 Å². The normalized spacial score (nSPS) is 18.5. The van der Waals surface area contributed by atoms with Crippen molar-refractivity contribution >= 4 is 28.9 Å². The molecule has 3 heterocycles. The van der Waals surface area contributed by atoms with Gasteiger partial charge in [0.05, 0.1) is 23.9 Å². The van der Waals surface area contributed by atoms with Crippen LogP contribution in [0, 0.1) is 0 Å². The van der Waals surface area contributed by atoms with Crippen molar-refractivity contribution in [3.8, 4) is 0 Å². The monoisotopic (exact) mass is 359 g/mol. The maximum absolute atomic E-state index is 6.33. The van der Waals surface area contributed by atoms with Gasteiger partial charge in [0.2, 0.25) is 0 Å². The number of halogens is 1. The highest BCUT2D eigenvalue weighted by atomic mass is 35.5. The molecule has 6 nitrogen and oxygen atoms in total. The Morgan fingerprint density at radius 3 is 2.08 bits per heavy atom. The van der Waals surface area contributed by atoms with Gasteiger partial charge in [0.15, 0.2) is 0 Å². The minimum atomic E-state index is 0.760. The molecule has 0 aliphatic carbocycles. The molecule has 0 radical (unpaired) electrons. The van der Waals surface area contributed by atoms with E-state index in [9.17, 15) is 0 Å². The molecule has 0 N–H and O–H groups in total. The Kier molecular flexibility index (Phi) is 4.90. The first-order valence-electron chi connectivity index (χ1n) is 8.70. The van der Waals surface area contributed by atoms with E-state index in [1.807, 2.05) is 18.2 Å². The summed E-state index contributed by atoms with van der Waals surface area (Å²) < 4.78 is 5.42. The number of morpholine rings is 1. The second kappa shape index (κ2) is 7.45. The number of rotatable bonds is 3. The van der Waals surface area contributed by atoms with Gasteiger partial charge in [0.1, 0.15) is 18.0 Å². The standard InChI is InChI=1S/C18H22ClN5O/c19-15-3-1-2-4-16(15)22-5-7-23(8-6-22)17-13-18(21-14-20-17)24-9-11-25-12-10-24/h1-4,13-14H,5-12H2. The number of para-hydroxylation sites is 1. The first kappa shape index (κ1) is 16.4. The van der Waals surface area contributed by atoms with Gasteiger partial charge in [-0.15, -0.1) is 0 Å². The molecule has 1 aromatic carbocycles. The van der Waals surface area contributed by atoms with Gasteiger partial charge in [0, 0.05) is 45.3 Å². The SMILES string of the molecule is Clc1ccccc1N1CCN(c2cc(N3CCOCC3)ncn2)CC1. The number of benzene rings is 1. The van der Waals surface area contributed by atoms with Crippen molar-refractivity contribution in [3.63, 3.8) is 0 Å². The summed E-state index contributed by atoms with van der Waals surface area (Å²) in [7, 11) is 0. The van der Waals surface area contributed by atoms with Crippen molar-refractivity contribution in [1.82, 2.24) is 9.97 Å². The van der Waals surface area contributed by atoms with Crippen molar-refractivity contribution in [1.29, 1.82) is 0 Å². The zero-order chi connectivity index (χ0) is 17.1. The molecule has 0 bridgehead atoms. The van der Waals surface area contributed by atoms with Gasteiger partial charge in [-0.2, -0.15) is 0 Å². The van der Waals surface area contributed by atoms with E-state index < -0.39 is 0 Å². The maximum atomic E-state index is 6.33. The van der Waals surface area contributed by atoms with Crippen LogP contribution in [0.25, 0.3) is 0 Å². The first-order chi connectivity index (χ1) is 12.3. The summed E-state index contributed by atoms with van der Waals surface area (Å²) >= 11 is 6.33. The number of nitrogens with zero attached hydrogens (tertiary/aromatic N) is 5. The van der Waals surface area contributed by atoms with E-state index in [2.05, 4.69) is 36.8 Å². The van der Waals surface area contributed by atoms with Crippen LogP contribution in [0.5, 0.6) is 0 Å². The van der Waals surface area contributed by atoms with Gasteiger partial charge < -0.3 is 19.4 Å². The third-order valence-electron chi connectivity index (χ3n) is 4.77. The fraction of sp³-hybridized carbons (Fsp3) is 0.444. The van der Waals surface area contributed by atoms with Crippen molar-refractivity contribution in [2.75, 3.05) is 67.2 Å². The maximum Gasteiger partial charge on any atom is 0.134 e. The van der Waals surface area contributed by atoms with E-state index >= 15 is 0 Å². The second-order valence-electron chi connectivity index (χ2n) is 6.26. The smallest absolute Gasteiger partial charge is 0.134 e. The molecule has 0 saturated carbocycles. The Morgan fingerprint density at radius 2 is 1.40 bits per heavy atom. The molecule has 2 aliphatic rings. The molecule has 7 heteroatoms. The molecule has 4 rings (SSSR count). The number of hydrogen-bond acceptors (Lipinski definition) is 6. The third kappa shape index (κ3) is 3.65. The Balaban J connectivity index is 1.43. The quantitative estimate of drug-likeness (QED) is 0.838. The van der Waals surface area contributed by atoms with E-state index in [1.165, 1.54) is 0 Å². The number of hydrogen-bond donors (Lipinski definition) is 0. The number of aromatic nitrogens is 2. The molecule has 0 unspecified atom stereocenters. The highest BCUT2D eigenvalue weighted by molar-refractivity contribution is 6.33. The van der Waals surface area contributed by atoms with Crippen LogP contribution in [0.15, 0.2) is 36.7 Å². The zero-order valence-electron chi connectivity index (χ0n) is 14.1. The van der Waals surface area contributed by atoms with E-state index in [0.29, 0.717) is 0 Å². The fourth-order valence-corrected chi connectivity index (χ4v) is 3.62. The average molecular weight is 360 g/mol. The molecule has 1 aromatic heterocycles. The van der Waals surface area contributed by atoms with Gasteiger partial charge in [0.25, 0.3) is 0 Å². The summed E-state index contributed by atoms with van der Waals surface area (Å²) in [4.78, 5) is 15.8. The number of ether oxygens (including phenoxy) is 1. The van der Waals surface area contributed by atoms with E-state index in [4.69, 9.17) is 16.3 Å². The lowest BCUT2D eigenvalue weighted by molar-refractivity contribution is 0.122. The van der Waals surface area contributed by atoms with E-state index in [1.54, 1.807) is 6.33 Å². The van der Waals surface area contributed by atoms with Crippen LogP contribution in [-0.4, -0.2) is 62.5 Å². The highest BCUT2D eigenvalue weighted by Crippen LogP contribution is 2.27. The van der Waals surface area contributed by atoms with Crippen LogP contribution >= 0.6 is 11.6 Å². The summed E-state index contributed by atoms with van der Waals surface area (Å²) in [5.41, 5.74) is 1.11. The van der Waals surface area contributed by atoms with Gasteiger partial charge in [-0.3, -0.25) is 0 Å². The van der Waals surface area contributed by atoms with Crippen molar-refractivity contribution in [3.05, 3.63) is 41.7 Å². The Morgan fingerprint density at radius 1 is 0.800 bits per heavy atom. The van der Waals surface area contributed by atoms with E-state index in [0.717, 1.165) is 74.8 Å². The third-order valence-corrected chi connectivity index (χ3v) is 5.09. The van der Waals surface area contributed by atoms with Gasteiger partial charge in [-0.05, 0) is 12.1 Å². The van der Waals surface area contributed by atoms with Gasteiger partial charge >= 0.3 is 0 Å². The minimum absolute atomic E-state index is 0.760. The summed E-state index contributed by atoms with van der Waals surface area (Å²) in [6.07, 6.45) is 1.67. The predicted octanol–water partition coefficient (Wildman–Crippen LogP) is 2.29. The van der Waals surface area contributed by atoms with E-state index in [-0.39, 0.29) is 0 Å². The molecule has 0 amide bonds. The molecule has 0 atom stereocenters. The highest BCUT2D eigenvalue weighted by Gasteiger charge is 2.21. The van der Waals surface area contributed by atoms with Crippen molar-refractivity contribution in [2.45, 2.75) is 0 Å². The van der Waals surface area contributed by atoms with Crippen LogP contribution in [0.4, 0.5) is 17.3 Å². The topological polar surface area (TPSA) is 44.7 Å². The molecular weight excluding hydrogens is 338 g/mol. The molecule has 2 saturated heterocycles. The van der Waals surface area contributed by atoms with Crippen LogP contribution in [0.2, 0.25) is 5.02 Å². The second-order valence-corrected chi connectivity index (χ2v) is 6.67. The molecular formula is C18H22ClN5O. The van der Waals surface area contributed by atoms with Crippen LogP contribution in [-0.2, 0) is 4.74 Å². The summed E-state index contributed by atoms with van der Waals surface area (Å²) in [5, 5.41) is 0.813. The van der Waals surface area contributed by atoms with Crippen molar-refractivity contribution < 1.29 is 4.74 Å². The predicted molar refractivity (Wildman–Crippen MR) is 101 cm³/mol. The summed E-state index contributed by atoms with van der Waals surface area (Å²) in [6.45, 7) is 7.00. The minimum Gasteiger partial charge on any atom is -0.378 e. The molecule has 2 aromatic rings. The first-order valence-corrected chi connectivity index (χ1v) is 9.08. The van der Waals surface area contributed by atoms with Gasteiger partial charge in [-0.25, -0.2) is 9.97 Å². The molecule has 0 spiro atoms. The number of piperazine rings is 1. The molecule has 132 valence electrons. The van der Waals surface area contributed by atoms with Gasteiger partial charge in [-0.1, -0.05) is 23.7 Å². The molecule has 25 heavy (non-hydrogen) atoms. The van der Waals surface area contributed by atoms with Crippen LogP contribution in [0.1, 0.15) is 0 Å². The zero-order valence-corrected chi connectivity index (χ0v) is 14.9. The molecule has 2 aliphatic heterocycles. The Labute approximate surface area is 153 Å². The van der Waals surface area contributed by atoms with Crippen molar-refractivity contribution in [2.24, 2.45) is 0 Å². The Bertz CT molecular complexity index is 714. The summed E-state index contributed by atoms with van der Waals surface area (Å²) in [5.74, 6) is 1.98. The van der Waals surface area contributed by atoms with Crippen LogP contribution in [0.3, 0.4) is 0 Å². The lowest BCUT2D eigenvalue weighted by Crippen LogP contribution is -2.47. The lowest BCUT2D eigenvalue weighted by Gasteiger charge is -2.37. The molecule has 2 fully saturated rings. The Hall–Kier alpha value is -2.05. The fourth-order valence-electron chi connectivity index (χ4n) is 3.36. The number of anilines is 3. The largest absolute Gasteiger partial charge is 0.378 e.